The molecule has 0 N–H and O–H groups in total. The van der Waals surface area contributed by atoms with Gasteiger partial charge in [-0.1, -0.05) is 18.3 Å². The molecule has 126 valence electrons. The number of carbonyl (C=O) groups is 2. The zero-order chi connectivity index (χ0) is 16.6. The van der Waals surface area contributed by atoms with Gasteiger partial charge in [-0.15, -0.1) is 5.10 Å². The van der Waals surface area contributed by atoms with Crippen LogP contribution in [0.1, 0.15) is 60.8 Å². The van der Waals surface area contributed by atoms with E-state index in [0.717, 1.165) is 31.5 Å². The second-order valence-corrected chi connectivity index (χ2v) is 7.66. The van der Waals surface area contributed by atoms with E-state index in [2.05, 4.69) is 9.59 Å². The zero-order valence-electron chi connectivity index (χ0n) is 14.0. The van der Waals surface area contributed by atoms with Crippen molar-refractivity contribution in [3.63, 3.8) is 0 Å². The summed E-state index contributed by atoms with van der Waals surface area (Å²) < 4.78 is 3.97. The summed E-state index contributed by atoms with van der Waals surface area (Å²) in [5.74, 6) is 0.880. The number of aromatic nitrogens is 2. The lowest BCUT2D eigenvalue weighted by atomic mass is 9.88. The van der Waals surface area contributed by atoms with Gasteiger partial charge in [0.1, 0.15) is 4.88 Å². The van der Waals surface area contributed by atoms with Crippen LogP contribution in [0.25, 0.3) is 0 Å². The Hall–Kier alpha value is -1.50. The van der Waals surface area contributed by atoms with Crippen molar-refractivity contribution in [1.29, 1.82) is 0 Å². The van der Waals surface area contributed by atoms with Crippen molar-refractivity contribution in [3.8, 4) is 0 Å². The lowest BCUT2D eigenvalue weighted by Gasteiger charge is -2.41. The third kappa shape index (κ3) is 3.11. The summed E-state index contributed by atoms with van der Waals surface area (Å²) in [5, 5.41) is 4.12. The van der Waals surface area contributed by atoms with E-state index < -0.39 is 0 Å². The van der Waals surface area contributed by atoms with Crippen LogP contribution in [0.5, 0.6) is 0 Å². The molecule has 2 saturated heterocycles. The van der Waals surface area contributed by atoms with Crippen molar-refractivity contribution < 1.29 is 9.59 Å². The fourth-order valence-corrected chi connectivity index (χ4v) is 4.53. The van der Waals surface area contributed by atoms with Gasteiger partial charge in [0.25, 0.3) is 5.91 Å². The molecule has 0 unspecified atom stereocenters. The maximum absolute atomic E-state index is 12.9. The molecule has 2 aliphatic rings. The second kappa shape index (κ2) is 6.55. The summed E-state index contributed by atoms with van der Waals surface area (Å²) in [6.07, 6.45) is 3.43. The molecule has 1 aromatic heterocycles. The largest absolute Gasteiger partial charge is 0.342 e. The molecule has 7 heteroatoms. The topological polar surface area (TPSA) is 66.4 Å². The first-order chi connectivity index (χ1) is 11.0. The molecule has 2 fully saturated rings. The smallest absolute Gasteiger partial charge is 0.267 e. The summed E-state index contributed by atoms with van der Waals surface area (Å²) in [5.41, 5.74) is 0.801. The van der Waals surface area contributed by atoms with Gasteiger partial charge in [0.15, 0.2) is 0 Å². The van der Waals surface area contributed by atoms with Gasteiger partial charge in [-0.05, 0) is 42.6 Å². The molecule has 0 aromatic carbocycles. The molecule has 23 heavy (non-hydrogen) atoms. The second-order valence-electron chi connectivity index (χ2n) is 6.91. The molecule has 0 spiro atoms. The molecule has 2 amide bonds. The number of hydrogen-bond acceptors (Lipinski definition) is 5. The lowest BCUT2D eigenvalue weighted by molar-refractivity contribution is -0.132. The van der Waals surface area contributed by atoms with E-state index in [1.165, 1.54) is 11.5 Å². The minimum absolute atomic E-state index is 0.0559. The standard InChI is InChI=1S/C16H24N4O2S/c1-10(2)14-15(23-18-17-14)16(22)20-8-7-12-11(9-20)5-4-6-13(21)19(12)3/h10-12H,4-9H2,1-3H3/t11-,12-/m1/s1. The molecule has 6 nitrogen and oxygen atoms in total. The Morgan fingerprint density at radius 1 is 1.35 bits per heavy atom. The number of nitrogens with zero attached hydrogens (tertiary/aromatic N) is 4. The zero-order valence-corrected chi connectivity index (χ0v) is 14.8. The monoisotopic (exact) mass is 336 g/mol. The van der Waals surface area contributed by atoms with E-state index in [1.807, 2.05) is 30.7 Å². The SMILES string of the molecule is CC(C)c1nnsc1C(=O)N1CC[C@@H]2[C@H](CCCC(=O)N2C)C1. The molecule has 2 atom stereocenters. The average Bonchev–Trinajstić information content (AvgIpc) is 2.98. The van der Waals surface area contributed by atoms with Gasteiger partial charge in [-0.3, -0.25) is 9.59 Å². The molecule has 2 aliphatic heterocycles. The van der Waals surface area contributed by atoms with Crippen LogP contribution >= 0.6 is 11.5 Å². The highest BCUT2D eigenvalue weighted by Crippen LogP contribution is 2.31. The Labute approximate surface area is 141 Å². The Balaban J connectivity index is 1.75. The fourth-order valence-electron chi connectivity index (χ4n) is 3.74. The highest BCUT2D eigenvalue weighted by molar-refractivity contribution is 7.08. The van der Waals surface area contributed by atoms with E-state index in [-0.39, 0.29) is 23.8 Å². The van der Waals surface area contributed by atoms with Crippen LogP contribution in [0.2, 0.25) is 0 Å². The van der Waals surface area contributed by atoms with Gasteiger partial charge < -0.3 is 9.80 Å². The van der Waals surface area contributed by atoms with Gasteiger partial charge in [0.05, 0.1) is 5.69 Å². The first kappa shape index (κ1) is 16.4. The van der Waals surface area contributed by atoms with Gasteiger partial charge in [-0.25, -0.2) is 0 Å². The predicted molar refractivity (Wildman–Crippen MR) is 88.4 cm³/mol. The Kier molecular flexibility index (Phi) is 4.66. The molecular formula is C16H24N4O2S. The minimum atomic E-state index is 0.0559. The fraction of sp³-hybridized carbons (Fsp3) is 0.750. The Bertz CT molecular complexity index is 601. The summed E-state index contributed by atoms with van der Waals surface area (Å²) in [4.78, 5) is 29.4. The lowest BCUT2D eigenvalue weighted by Crippen LogP contribution is -2.51. The van der Waals surface area contributed by atoms with Crippen LogP contribution in [0.3, 0.4) is 0 Å². The number of piperidine rings is 1. The molecule has 0 saturated carbocycles. The van der Waals surface area contributed by atoms with E-state index >= 15 is 0 Å². The number of likely N-dealkylation sites (tertiary alicyclic amines) is 2. The van der Waals surface area contributed by atoms with E-state index in [0.29, 0.717) is 23.8 Å². The molecule has 3 rings (SSSR count). The normalized spacial score (nSPS) is 25.5. The molecule has 3 heterocycles. The number of hydrogen-bond donors (Lipinski definition) is 0. The number of fused-ring (bicyclic) bond motifs is 1. The van der Waals surface area contributed by atoms with Gasteiger partial charge >= 0.3 is 0 Å². The van der Waals surface area contributed by atoms with E-state index in [9.17, 15) is 9.59 Å². The Morgan fingerprint density at radius 2 is 2.13 bits per heavy atom. The van der Waals surface area contributed by atoms with Crippen LogP contribution in [-0.4, -0.2) is 57.4 Å². The average molecular weight is 336 g/mol. The summed E-state index contributed by atoms with van der Waals surface area (Å²) in [7, 11) is 1.91. The van der Waals surface area contributed by atoms with Crippen molar-refractivity contribution in [2.45, 2.75) is 51.5 Å². The molecule has 1 aromatic rings. The Morgan fingerprint density at radius 3 is 2.87 bits per heavy atom. The van der Waals surface area contributed by atoms with Crippen LogP contribution in [0, 0.1) is 5.92 Å². The maximum Gasteiger partial charge on any atom is 0.267 e. The third-order valence-electron chi connectivity index (χ3n) is 5.09. The first-order valence-electron chi connectivity index (χ1n) is 8.36. The van der Waals surface area contributed by atoms with Crippen molar-refractivity contribution in [2.75, 3.05) is 20.1 Å². The highest BCUT2D eigenvalue weighted by Gasteiger charge is 2.38. The van der Waals surface area contributed by atoms with Crippen LogP contribution < -0.4 is 0 Å². The maximum atomic E-state index is 12.9. The van der Waals surface area contributed by atoms with Crippen molar-refractivity contribution in [1.82, 2.24) is 19.4 Å². The summed E-state index contributed by atoms with van der Waals surface area (Å²) >= 11 is 1.20. The highest BCUT2D eigenvalue weighted by atomic mass is 32.1. The van der Waals surface area contributed by atoms with Crippen LogP contribution in [-0.2, 0) is 4.79 Å². The third-order valence-corrected chi connectivity index (χ3v) is 5.82. The summed E-state index contributed by atoms with van der Waals surface area (Å²) in [6, 6.07) is 0.276. The number of rotatable bonds is 2. The predicted octanol–water partition coefficient (Wildman–Crippen LogP) is 2.13. The molecule has 0 aliphatic carbocycles. The number of amides is 2. The van der Waals surface area contributed by atoms with E-state index in [1.54, 1.807) is 0 Å². The van der Waals surface area contributed by atoms with Crippen molar-refractivity contribution in [2.24, 2.45) is 5.92 Å². The minimum Gasteiger partial charge on any atom is -0.342 e. The van der Waals surface area contributed by atoms with E-state index in [4.69, 9.17) is 0 Å². The van der Waals surface area contributed by atoms with Crippen LogP contribution in [0.15, 0.2) is 0 Å². The quantitative estimate of drug-likeness (QED) is 0.830. The molecule has 0 bridgehead atoms. The number of carbonyl (C=O) groups excluding carboxylic acids is 2. The first-order valence-corrected chi connectivity index (χ1v) is 9.13. The van der Waals surface area contributed by atoms with Gasteiger partial charge in [0.2, 0.25) is 5.91 Å². The van der Waals surface area contributed by atoms with Crippen molar-refractivity contribution >= 4 is 23.3 Å². The molecular weight excluding hydrogens is 312 g/mol. The summed E-state index contributed by atoms with van der Waals surface area (Å²) in [6.45, 7) is 5.50. The van der Waals surface area contributed by atoms with Crippen LogP contribution in [0.4, 0.5) is 0 Å². The van der Waals surface area contributed by atoms with Crippen molar-refractivity contribution in [3.05, 3.63) is 10.6 Å². The molecule has 0 radical (unpaired) electrons. The van der Waals surface area contributed by atoms with Gasteiger partial charge in [0, 0.05) is 32.6 Å². The van der Waals surface area contributed by atoms with Gasteiger partial charge in [-0.2, -0.15) is 0 Å².